The van der Waals surface area contributed by atoms with E-state index in [9.17, 15) is 27.6 Å². The molecule has 0 aliphatic carbocycles. The van der Waals surface area contributed by atoms with Gasteiger partial charge in [0.2, 0.25) is 17.7 Å². The molecule has 0 saturated carbocycles. The van der Waals surface area contributed by atoms with Crippen molar-refractivity contribution in [3.05, 3.63) is 85.1 Å². The second-order valence-electron chi connectivity index (χ2n) is 11.1. The van der Waals surface area contributed by atoms with Crippen molar-refractivity contribution in [2.45, 2.75) is 31.5 Å². The number of nitrogens with zero attached hydrogens (tertiary/aromatic N) is 2. The number of benzene rings is 3. The predicted octanol–water partition coefficient (Wildman–Crippen LogP) is 6.30. The molecule has 1 aliphatic heterocycles. The summed E-state index contributed by atoms with van der Waals surface area (Å²) < 4.78 is 59.1. The van der Waals surface area contributed by atoms with Crippen LogP contribution in [0.4, 0.5) is 30.2 Å². The van der Waals surface area contributed by atoms with E-state index in [2.05, 4.69) is 27.5 Å². The molecule has 4 aromatic rings. The molecule has 3 amide bonds. The van der Waals surface area contributed by atoms with Gasteiger partial charge in [-0.25, -0.2) is 0 Å². The number of nitrogens with one attached hydrogen (secondary N) is 3. The van der Waals surface area contributed by atoms with Crippen molar-refractivity contribution in [3.8, 4) is 23.0 Å². The van der Waals surface area contributed by atoms with Crippen molar-refractivity contribution < 1.29 is 41.8 Å². The molecule has 0 unspecified atom stereocenters. The monoisotopic (exact) mass is 677 g/mol. The lowest BCUT2D eigenvalue weighted by atomic mass is 10.0. The van der Waals surface area contributed by atoms with Crippen LogP contribution in [-0.2, 0) is 20.6 Å². The normalized spacial score (nSPS) is 13.4. The third-order valence-corrected chi connectivity index (χ3v) is 7.83. The van der Waals surface area contributed by atoms with E-state index in [0.29, 0.717) is 65.5 Å². The van der Waals surface area contributed by atoms with Gasteiger partial charge in [-0.2, -0.15) is 13.2 Å². The molecule has 0 spiro atoms. The van der Waals surface area contributed by atoms with E-state index < -0.39 is 30.0 Å². The summed E-state index contributed by atoms with van der Waals surface area (Å²) in [6.07, 6.45) is -1.68. The van der Waals surface area contributed by atoms with Gasteiger partial charge in [0.15, 0.2) is 11.5 Å². The first-order valence-electron chi connectivity index (χ1n) is 15.2. The molecule has 1 aromatic heterocycles. The number of hydrogen-bond acceptors (Lipinski definition) is 8. The van der Waals surface area contributed by atoms with Gasteiger partial charge in [-0.1, -0.05) is 12.6 Å². The Bertz CT molecular complexity index is 1870. The van der Waals surface area contributed by atoms with Crippen LogP contribution in [0.3, 0.4) is 0 Å². The number of carbonyl (C=O) groups is 3. The maximum atomic E-state index is 14.1. The molecule has 1 fully saturated rings. The third kappa shape index (κ3) is 8.58. The number of carbonyl (C=O) groups excluding carboxylic acids is 3. The number of halogens is 3. The smallest absolute Gasteiger partial charge is 0.418 e. The number of pyridine rings is 1. The van der Waals surface area contributed by atoms with Crippen LogP contribution in [0.1, 0.15) is 24.8 Å². The number of ether oxygens (including phenoxy) is 3. The van der Waals surface area contributed by atoms with Gasteiger partial charge < -0.3 is 35.1 Å². The van der Waals surface area contributed by atoms with Crippen molar-refractivity contribution >= 4 is 45.7 Å². The zero-order chi connectivity index (χ0) is 35.1. The zero-order valence-corrected chi connectivity index (χ0v) is 26.7. The largest absolute Gasteiger partial charge is 0.493 e. The average molecular weight is 678 g/mol. The lowest BCUT2D eigenvalue weighted by molar-refractivity contribution is -0.137. The SMILES string of the molecule is C=CC(=O)NC1CCN(c2ccc(NC(=O)CC(=O)Nc3cccc(Oc4ccnc5cc(OC)c(OC)cc45)c3)cc2C(F)(F)F)CC1. The molecule has 49 heavy (non-hydrogen) atoms. The van der Waals surface area contributed by atoms with Gasteiger partial charge in [-0.05, 0) is 61.4 Å². The Morgan fingerprint density at radius 1 is 0.918 bits per heavy atom. The topological polar surface area (TPSA) is 131 Å². The highest BCUT2D eigenvalue weighted by Crippen LogP contribution is 2.40. The standard InChI is InChI=1S/C35H34F3N5O6/c1-4-32(44)40-21-11-14-43(15-12-21)28-9-8-23(17-26(28)35(36,37)38)42-34(46)20-33(45)41-22-6-5-7-24(16-22)49-29-10-13-39-27-19-31(48-3)30(47-2)18-25(27)29/h4-10,13,16-19,21H,1,11-12,14-15,20H2,2-3H3,(H,40,44)(H,41,45)(H,42,46). The minimum atomic E-state index is -4.70. The number of rotatable bonds is 11. The van der Waals surface area contributed by atoms with Gasteiger partial charge in [-0.3, -0.25) is 19.4 Å². The van der Waals surface area contributed by atoms with E-state index in [-0.39, 0.29) is 23.3 Å². The first-order chi connectivity index (χ1) is 23.5. The highest BCUT2D eigenvalue weighted by Gasteiger charge is 2.36. The van der Waals surface area contributed by atoms with Crippen LogP contribution >= 0.6 is 0 Å². The lowest BCUT2D eigenvalue weighted by Crippen LogP contribution is -2.44. The molecule has 0 radical (unpaired) electrons. The maximum Gasteiger partial charge on any atom is 0.418 e. The fourth-order valence-electron chi connectivity index (χ4n) is 5.50. The molecular formula is C35H34F3N5O6. The average Bonchev–Trinajstić information content (AvgIpc) is 3.07. The first kappa shape index (κ1) is 34.5. The second-order valence-corrected chi connectivity index (χ2v) is 11.1. The molecule has 0 atom stereocenters. The van der Waals surface area contributed by atoms with Gasteiger partial charge in [-0.15, -0.1) is 0 Å². The summed E-state index contributed by atoms with van der Waals surface area (Å²) in [5.74, 6) is 0.0524. The molecule has 1 aliphatic rings. The Balaban J connectivity index is 1.21. The Labute approximate surface area is 280 Å². The molecule has 14 heteroatoms. The Morgan fingerprint density at radius 3 is 2.24 bits per heavy atom. The van der Waals surface area contributed by atoms with E-state index in [4.69, 9.17) is 14.2 Å². The first-order valence-corrected chi connectivity index (χ1v) is 15.2. The Kier molecular flexibility index (Phi) is 10.5. The van der Waals surface area contributed by atoms with Gasteiger partial charge in [0.25, 0.3) is 0 Å². The van der Waals surface area contributed by atoms with Crippen molar-refractivity contribution in [1.82, 2.24) is 10.3 Å². The second kappa shape index (κ2) is 15.0. The summed E-state index contributed by atoms with van der Waals surface area (Å²) in [5, 5.41) is 8.43. The highest BCUT2D eigenvalue weighted by atomic mass is 19.4. The lowest BCUT2D eigenvalue weighted by Gasteiger charge is -2.35. The molecule has 2 heterocycles. The summed E-state index contributed by atoms with van der Waals surface area (Å²) in [6.45, 7) is 4.01. The van der Waals surface area contributed by atoms with E-state index in [0.717, 1.165) is 12.1 Å². The molecule has 3 aromatic carbocycles. The van der Waals surface area contributed by atoms with Crippen LogP contribution in [-0.4, -0.2) is 56.1 Å². The number of hydrogen-bond donors (Lipinski definition) is 3. The molecule has 0 bridgehead atoms. The summed E-state index contributed by atoms with van der Waals surface area (Å²) >= 11 is 0. The molecule has 256 valence electrons. The fourth-order valence-corrected chi connectivity index (χ4v) is 5.50. The van der Waals surface area contributed by atoms with Crippen molar-refractivity contribution in [2.24, 2.45) is 0 Å². The van der Waals surface area contributed by atoms with Crippen LogP contribution in [0, 0.1) is 0 Å². The Morgan fingerprint density at radius 2 is 1.59 bits per heavy atom. The molecule has 1 saturated heterocycles. The van der Waals surface area contributed by atoms with E-state index >= 15 is 0 Å². The van der Waals surface area contributed by atoms with Gasteiger partial charge >= 0.3 is 6.18 Å². The fraction of sp³-hybridized carbons (Fsp3) is 0.257. The van der Waals surface area contributed by atoms with Crippen LogP contribution in [0.25, 0.3) is 10.9 Å². The third-order valence-electron chi connectivity index (χ3n) is 7.83. The number of alkyl halides is 3. The number of fused-ring (bicyclic) bond motifs is 1. The van der Waals surface area contributed by atoms with Crippen LogP contribution in [0.5, 0.6) is 23.0 Å². The van der Waals surface area contributed by atoms with Crippen LogP contribution in [0.2, 0.25) is 0 Å². The number of aromatic nitrogens is 1. The van der Waals surface area contributed by atoms with Gasteiger partial charge in [0.05, 0.1) is 25.3 Å². The summed E-state index contributed by atoms with van der Waals surface area (Å²) in [6, 6.07) is 15.0. The van der Waals surface area contributed by atoms with Crippen molar-refractivity contribution in [3.63, 3.8) is 0 Å². The minimum absolute atomic E-state index is 0.0301. The number of piperidine rings is 1. The maximum absolute atomic E-state index is 14.1. The number of methoxy groups -OCH3 is 2. The van der Waals surface area contributed by atoms with Crippen molar-refractivity contribution in [2.75, 3.05) is 42.8 Å². The van der Waals surface area contributed by atoms with E-state index in [1.165, 1.54) is 26.4 Å². The number of anilines is 3. The quantitative estimate of drug-likeness (QED) is 0.125. The Hall–Kier alpha value is -5.79. The summed E-state index contributed by atoms with van der Waals surface area (Å²) in [4.78, 5) is 42.9. The van der Waals surface area contributed by atoms with E-state index in [1.54, 1.807) is 53.6 Å². The highest BCUT2D eigenvalue weighted by molar-refractivity contribution is 6.08. The minimum Gasteiger partial charge on any atom is -0.493 e. The van der Waals surface area contributed by atoms with Crippen LogP contribution in [0.15, 0.2) is 79.5 Å². The van der Waals surface area contributed by atoms with Gasteiger partial charge in [0, 0.05) is 59.9 Å². The van der Waals surface area contributed by atoms with Crippen LogP contribution < -0.4 is 35.1 Å². The van der Waals surface area contributed by atoms with Gasteiger partial charge in [0.1, 0.15) is 17.9 Å². The predicted molar refractivity (Wildman–Crippen MR) is 178 cm³/mol. The number of amides is 3. The molecule has 11 nitrogen and oxygen atoms in total. The van der Waals surface area contributed by atoms with Crippen molar-refractivity contribution in [1.29, 1.82) is 0 Å². The molecule has 3 N–H and O–H groups in total. The molecular weight excluding hydrogens is 643 g/mol. The summed E-state index contributed by atoms with van der Waals surface area (Å²) in [7, 11) is 3.04. The molecule has 5 rings (SSSR count). The zero-order valence-electron chi connectivity index (χ0n) is 26.7. The van der Waals surface area contributed by atoms with E-state index in [1.807, 2.05) is 0 Å². The summed E-state index contributed by atoms with van der Waals surface area (Å²) in [5.41, 5.74) is -0.101.